The molecule has 3 rings (SSSR count). The Morgan fingerprint density at radius 1 is 1.04 bits per heavy atom. The Hall–Kier alpha value is -2.37. The van der Waals surface area contributed by atoms with E-state index in [0.29, 0.717) is 45.4 Å². The summed E-state index contributed by atoms with van der Waals surface area (Å²) in [5.41, 5.74) is 2.71. The molecule has 2 aliphatic heterocycles. The zero-order valence-electron chi connectivity index (χ0n) is 15.8. The molecule has 1 saturated heterocycles. The molecule has 6 heteroatoms. The van der Waals surface area contributed by atoms with Gasteiger partial charge in [0.05, 0.1) is 12.8 Å². The highest BCUT2D eigenvalue weighted by molar-refractivity contribution is 5.99. The van der Waals surface area contributed by atoms with Gasteiger partial charge in [0.2, 0.25) is 17.7 Å². The Kier molecular flexibility index (Phi) is 5.03. The fourth-order valence-corrected chi connectivity index (χ4v) is 3.45. The number of nitrogens with one attached hydrogen (secondary N) is 1. The second kappa shape index (κ2) is 7.09. The van der Waals surface area contributed by atoms with Crippen molar-refractivity contribution in [3.63, 3.8) is 0 Å². The van der Waals surface area contributed by atoms with E-state index in [0.717, 1.165) is 16.8 Å². The Labute approximate surface area is 154 Å². The molecule has 0 unspecified atom stereocenters. The van der Waals surface area contributed by atoms with Crippen molar-refractivity contribution in [2.75, 3.05) is 31.5 Å². The molecule has 1 N–H and O–H groups in total. The number of fused-ring (bicyclic) bond motifs is 1. The third-order valence-electron chi connectivity index (χ3n) is 4.82. The summed E-state index contributed by atoms with van der Waals surface area (Å²) >= 11 is 0. The SMILES string of the molecule is CC(C)(C)CC(=O)N1CCN(C(=O)Cc2ccc3c(c2)CC(=O)N3)CC1. The van der Waals surface area contributed by atoms with Crippen molar-refractivity contribution >= 4 is 23.4 Å². The van der Waals surface area contributed by atoms with Crippen LogP contribution in [0.5, 0.6) is 0 Å². The highest BCUT2D eigenvalue weighted by atomic mass is 16.2. The monoisotopic (exact) mass is 357 g/mol. The van der Waals surface area contributed by atoms with Crippen LogP contribution < -0.4 is 5.32 Å². The van der Waals surface area contributed by atoms with E-state index in [9.17, 15) is 14.4 Å². The van der Waals surface area contributed by atoms with Crippen molar-refractivity contribution in [3.8, 4) is 0 Å². The summed E-state index contributed by atoms with van der Waals surface area (Å²) in [6, 6.07) is 5.70. The lowest BCUT2D eigenvalue weighted by atomic mass is 9.91. The predicted octanol–water partition coefficient (Wildman–Crippen LogP) is 1.83. The number of hydrogen-bond acceptors (Lipinski definition) is 3. The van der Waals surface area contributed by atoms with Crippen LogP contribution in [0.2, 0.25) is 0 Å². The van der Waals surface area contributed by atoms with Crippen LogP contribution in [-0.4, -0.2) is 53.7 Å². The van der Waals surface area contributed by atoms with E-state index in [-0.39, 0.29) is 23.1 Å². The van der Waals surface area contributed by atoms with Crippen LogP contribution in [-0.2, 0) is 27.2 Å². The van der Waals surface area contributed by atoms with Crippen molar-refractivity contribution in [2.45, 2.75) is 40.0 Å². The number of benzene rings is 1. The van der Waals surface area contributed by atoms with Crippen LogP contribution in [0.4, 0.5) is 5.69 Å². The van der Waals surface area contributed by atoms with Gasteiger partial charge in [0.15, 0.2) is 0 Å². The van der Waals surface area contributed by atoms with Crippen molar-refractivity contribution in [2.24, 2.45) is 5.41 Å². The first-order valence-electron chi connectivity index (χ1n) is 9.18. The first-order valence-corrected chi connectivity index (χ1v) is 9.18. The molecule has 0 radical (unpaired) electrons. The molecule has 6 nitrogen and oxygen atoms in total. The van der Waals surface area contributed by atoms with E-state index < -0.39 is 0 Å². The van der Waals surface area contributed by atoms with Gasteiger partial charge in [0.25, 0.3) is 0 Å². The quantitative estimate of drug-likeness (QED) is 0.897. The molecule has 0 aromatic heterocycles. The Morgan fingerprint density at radius 3 is 2.27 bits per heavy atom. The summed E-state index contributed by atoms with van der Waals surface area (Å²) in [7, 11) is 0. The number of anilines is 1. The number of carbonyl (C=O) groups is 3. The molecule has 2 aliphatic rings. The predicted molar refractivity (Wildman–Crippen MR) is 99.7 cm³/mol. The van der Waals surface area contributed by atoms with E-state index >= 15 is 0 Å². The number of nitrogens with zero attached hydrogens (tertiary/aromatic N) is 2. The van der Waals surface area contributed by atoms with Crippen LogP contribution in [0, 0.1) is 5.41 Å². The maximum Gasteiger partial charge on any atom is 0.228 e. The zero-order chi connectivity index (χ0) is 18.9. The molecule has 3 amide bonds. The lowest BCUT2D eigenvalue weighted by Gasteiger charge is -2.36. The molecule has 1 aromatic rings. The highest BCUT2D eigenvalue weighted by Crippen LogP contribution is 2.24. The largest absolute Gasteiger partial charge is 0.339 e. The molecule has 0 spiro atoms. The third-order valence-corrected chi connectivity index (χ3v) is 4.82. The number of carbonyl (C=O) groups excluding carboxylic acids is 3. The summed E-state index contributed by atoms with van der Waals surface area (Å²) < 4.78 is 0. The molecule has 0 atom stereocenters. The summed E-state index contributed by atoms with van der Waals surface area (Å²) in [5, 5.41) is 2.80. The van der Waals surface area contributed by atoms with Crippen LogP contribution in [0.1, 0.15) is 38.3 Å². The van der Waals surface area contributed by atoms with Crippen molar-refractivity contribution in [3.05, 3.63) is 29.3 Å². The molecule has 2 heterocycles. The highest BCUT2D eigenvalue weighted by Gasteiger charge is 2.27. The number of amides is 3. The number of hydrogen-bond donors (Lipinski definition) is 1. The molecular weight excluding hydrogens is 330 g/mol. The lowest BCUT2D eigenvalue weighted by molar-refractivity contribution is -0.140. The lowest BCUT2D eigenvalue weighted by Crippen LogP contribution is -2.51. The summed E-state index contributed by atoms with van der Waals surface area (Å²) in [6.45, 7) is 8.55. The van der Waals surface area contributed by atoms with Gasteiger partial charge in [-0.15, -0.1) is 0 Å². The smallest absolute Gasteiger partial charge is 0.228 e. The van der Waals surface area contributed by atoms with Gasteiger partial charge < -0.3 is 15.1 Å². The summed E-state index contributed by atoms with van der Waals surface area (Å²) in [4.78, 5) is 40.0. The fourth-order valence-electron chi connectivity index (χ4n) is 3.45. The second-order valence-corrected chi connectivity index (χ2v) is 8.39. The average molecular weight is 357 g/mol. The molecule has 0 saturated carbocycles. The van der Waals surface area contributed by atoms with Gasteiger partial charge in [-0.2, -0.15) is 0 Å². The minimum atomic E-state index is -0.0200. The molecule has 0 bridgehead atoms. The molecule has 1 fully saturated rings. The normalized spacial score (nSPS) is 17.1. The Morgan fingerprint density at radius 2 is 1.65 bits per heavy atom. The van der Waals surface area contributed by atoms with Gasteiger partial charge in [-0.25, -0.2) is 0 Å². The molecular formula is C20H27N3O3. The standard InChI is InChI=1S/C20H27N3O3/c1-20(2,3)13-19(26)23-8-6-22(7-9-23)18(25)11-14-4-5-16-15(10-14)12-17(24)21-16/h4-5,10H,6-9,11-13H2,1-3H3,(H,21,24). The Bertz CT molecular complexity index is 728. The van der Waals surface area contributed by atoms with Crippen molar-refractivity contribution in [1.82, 2.24) is 9.80 Å². The molecule has 140 valence electrons. The van der Waals surface area contributed by atoms with Crippen LogP contribution in [0.25, 0.3) is 0 Å². The maximum absolute atomic E-state index is 12.6. The maximum atomic E-state index is 12.6. The van der Waals surface area contributed by atoms with E-state index in [1.54, 1.807) is 0 Å². The van der Waals surface area contributed by atoms with E-state index in [1.165, 1.54) is 0 Å². The summed E-state index contributed by atoms with van der Waals surface area (Å²) in [5.74, 6) is 0.241. The number of rotatable bonds is 3. The molecule has 1 aromatic carbocycles. The van der Waals surface area contributed by atoms with E-state index in [1.807, 2.05) is 28.0 Å². The molecule has 0 aliphatic carbocycles. The van der Waals surface area contributed by atoms with E-state index in [2.05, 4.69) is 26.1 Å². The summed E-state index contributed by atoms with van der Waals surface area (Å²) in [6.07, 6.45) is 1.24. The minimum Gasteiger partial charge on any atom is -0.339 e. The zero-order valence-corrected chi connectivity index (χ0v) is 15.8. The van der Waals surface area contributed by atoms with E-state index in [4.69, 9.17) is 0 Å². The van der Waals surface area contributed by atoms with Gasteiger partial charge in [0.1, 0.15) is 0 Å². The number of piperazine rings is 1. The Balaban J connectivity index is 1.52. The third kappa shape index (κ3) is 4.42. The fraction of sp³-hybridized carbons (Fsp3) is 0.550. The topological polar surface area (TPSA) is 69.7 Å². The first-order chi connectivity index (χ1) is 12.2. The van der Waals surface area contributed by atoms with Gasteiger partial charge in [-0.3, -0.25) is 14.4 Å². The van der Waals surface area contributed by atoms with Gasteiger partial charge in [-0.1, -0.05) is 32.9 Å². The minimum absolute atomic E-state index is 0.000442. The van der Waals surface area contributed by atoms with Crippen molar-refractivity contribution < 1.29 is 14.4 Å². The van der Waals surface area contributed by atoms with Crippen LogP contribution >= 0.6 is 0 Å². The molecule has 26 heavy (non-hydrogen) atoms. The van der Waals surface area contributed by atoms with Crippen LogP contribution in [0.15, 0.2) is 18.2 Å². The van der Waals surface area contributed by atoms with Gasteiger partial charge in [0, 0.05) is 38.3 Å². The van der Waals surface area contributed by atoms with Gasteiger partial charge in [-0.05, 0) is 22.6 Å². The van der Waals surface area contributed by atoms with Gasteiger partial charge >= 0.3 is 0 Å². The average Bonchev–Trinajstić information content (AvgIpc) is 2.92. The van der Waals surface area contributed by atoms with Crippen molar-refractivity contribution in [1.29, 1.82) is 0 Å². The first kappa shape index (κ1) is 18.4. The van der Waals surface area contributed by atoms with Crippen LogP contribution in [0.3, 0.4) is 0 Å². The second-order valence-electron chi connectivity index (χ2n) is 8.39.